The fraction of sp³-hybridized carbons (Fsp3) is 0.538. The van der Waals surface area contributed by atoms with Crippen LogP contribution in [0.1, 0.15) is 18.9 Å². The van der Waals surface area contributed by atoms with Crippen molar-refractivity contribution in [3.05, 3.63) is 23.8 Å². The quantitative estimate of drug-likeness (QED) is 0.587. The van der Waals surface area contributed by atoms with Gasteiger partial charge in [0, 0.05) is 13.2 Å². The second kappa shape index (κ2) is 7.14. The highest BCUT2D eigenvalue weighted by Crippen LogP contribution is 2.24. The van der Waals surface area contributed by atoms with Gasteiger partial charge in [-0.05, 0) is 31.4 Å². The van der Waals surface area contributed by atoms with Gasteiger partial charge in [-0.15, -0.1) is 0 Å². The normalized spacial score (nSPS) is 12.4. The summed E-state index contributed by atoms with van der Waals surface area (Å²) in [5.41, 5.74) is 0.902. The van der Waals surface area contributed by atoms with Crippen LogP contribution in [0.15, 0.2) is 18.2 Å². The molecule has 0 aliphatic rings. The molecule has 0 aromatic heterocycles. The van der Waals surface area contributed by atoms with Gasteiger partial charge in [0.25, 0.3) is 0 Å². The van der Waals surface area contributed by atoms with E-state index < -0.39 is 0 Å². The SMILES string of the molecule is COc1ccc(CCCOC(C)OC)c(O)c1. The summed E-state index contributed by atoms with van der Waals surface area (Å²) in [7, 11) is 3.19. The molecule has 4 nitrogen and oxygen atoms in total. The Balaban J connectivity index is 2.36. The first-order chi connectivity index (χ1) is 8.17. The number of hydrogen-bond acceptors (Lipinski definition) is 4. The van der Waals surface area contributed by atoms with E-state index in [0.29, 0.717) is 12.4 Å². The van der Waals surface area contributed by atoms with E-state index in [4.69, 9.17) is 14.2 Å². The number of benzene rings is 1. The number of ether oxygens (including phenoxy) is 3. The van der Waals surface area contributed by atoms with Gasteiger partial charge < -0.3 is 19.3 Å². The first-order valence-corrected chi connectivity index (χ1v) is 5.67. The van der Waals surface area contributed by atoms with Crippen LogP contribution in [-0.2, 0) is 15.9 Å². The standard InChI is InChI=1S/C13H20O4/c1-10(15-2)17-8-4-5-11-6-7-12(16-3)9-13(11)14/h6-7,9-10,14H,4-5,8H2,1-3H3. The van der Waals surface area contributed by atoms with E-state index in [1.54, 1.807) is 20.3 Å². The van der Waals surface area contributed by atoms with Crippen molar-refractivity contribution >= 4 is 0 Å². The molecule has 4 heteroatoms. The van der Waals surface area contributed by atoms with Crippen LogP contribution in [0.5, 0.6) is 11.5 Å². The molecular weight excluding hydrogens is 220 g/mol. The van der Waals surface area contributed by atoms with E-state index in [1.807, 2.05) is 19.1 Å². The van der Waals surface area contributed by atoms with Crippen LogP contribution in [0, 0.1) is 0 Å². The number of aryl methyl sites for hydroxylation is 1. The van der Waals surface area contributed by atoms with E-state index in [1.165, 1.54) is 0 Å². The van der Waals surface area contributed by atoms with Crippen LogP contribution >= 0.6 is 0 Å². The maximum atomic E-state index is 9.73. The molecule has 0 heterocycles. The predicted molar refractivity (Wildman–Crippen MR) is 65.4 cm³/mol. The molecule has 0 fully saturated rings. The summed E-state index contributed by atoms with van der Waals surface area (Å²) in [6.07, 6.45) is 1.43. The Hall–Kier alpha value is -1.26. The van der Waals surface area contributed by atoms with Gasteiger partial charge in [-0.2, -0.15) is 0 Å². The summed E-state index contributed by atoms with van der Waals surface area (Å²) in [5, 5.41) is 9.73. The molecule has 0 spiro atoms. The molecule has 1 rings (SSSR count). The van der Waals surface area contributed by atoms with Gasteiger partial charge in [0.1, 0.15) is 11.5 Å². The summed E-state index contributed by atoms with van der Waals surface area (Å²) >= 11 is 0. The minimum Gasteiger partial charge on any atom is -0.508 e. The van der Waals surface area contributed by atoms with E-state index in [0.717, 1.165) is 18.4 Å². The number of phenols is 1. The van der Waals surface area contributed by atoms with Crippen LogP contribution < -0.4 is 4.74 Å². The van der Waals surface area contributed by atoms with E-state index in [2.05, 4.69) is 0 Å². The highest BCUT2D eigenvalue weighted by molar-refractivity contribution is 5.39. The zero-order chi connectivity index (χ0) is 12.7. The fourth-order valence-electron chi connectivity index (χ4n) is 1.46. The Bertz CT molecular complexity index is 338. The van der Waals surface area contributed by atoms with Gasteiger partial charge >= 0.3 is 0 Å². The third-order valence-electron chi connectivity index (χ3n) is 2.57. The van der Waals surface area contributed by atoms with Crippen molar-refractivity contribution in [1.82, 2.24) is 0 Å². The van der Waals surface area contributed by atoms with Crippen LogP contribution in [0.2, 0.25) is 0 Å². The Morgan fingerprint density at radius 3 is 2.65 bits per heavy atom. The third kappa shape index (κ3) is 4.63. The smallest absolute Gasteiger partial charge is 0.154 e. The van der Waals surface area contributed by atoms with Crippen LogP contribution in [-0.4, -0.2) is 32.2 Å². The second-order valence-electron chi connectivity index (χ2n) is 3.77. The van der Waals surface area contributed by atoms with Crippen molar-refractivity contribution in [2.24, 2.45) is 0 Å². The Morgan fingerprint density at radius 2 is 2.06 bits per heavy atom. The molecule has 0 amide bonds. The molecule has 1 unspecified atom stereocenters. The van der Waals surface area contributed by atoms with E-state index >= 15 is 0 Å². The summed E-state index contributed by atoms with van der Waals surface area (Å²) in [6.45, 7) is 2.46. The summed E-state index contributed by atoms with van der Waals surface area (Å²) in [5.74, 6) is 0.930. The lowest BCUT2D eigenvalue weighted by Gasteiger charge is -2.11. The summed E-state index contributed by atoms with van der Waals surface area (Å²) < 4.78 is 15.4. The average molecular weight is 240 g/mol. The van der Waals surface area contributed by atoms with Crippen molar-refractivity contribution in [3.8, 4) is 11.5 Å². The van der Waals surface area contributed by atoms with Crippen LogP contribution in [0.3, 0.4) is 0 Å². The first-order valence-electron chi connectivity index (χ1n) is 5.67. The van der Waals surface area contributed by atoms with Gasteiger partial charge in [0.05, 0.1) is 13.7 Å². The lowest BCUT2D eigenvalue weighted by molar-refractivity contribution is -0.111. The number of aromatic hydroxyl groups is 1. The molecule has 0 aliphatic carbocycles. The minimum absolute atomic E-state index is 0.181. The zero-order valence-electron chi connectivity index (χ0n) is 10.6. The largest absolute Gasteiger partial charge is 0.508 e. The van der Waals surface area contributed by atoms with Gasteiger partial charge in [-0.25, -0.2) is 0 Å². The predicted octanol–water partition coefficient (Wildman–Crippen LogP) is 2.34. The van der Waals surface area contributed by atoms with Crippen LogP contribution in [0.25, 0.3) is 0 Å². The lowest BCUT2D eigenvalue weighted by atomic mass is 10.1. The van der Waals surface area contributed by atoms with Gasteiger partial charge in [-0.3, -0.25) is 0 Å². The molecule has 0 saturated heterocycles. The minimum atomic E-state index is -0.181. The highest BCUT2D eigenvalue weighted by atomic mass is 16.7. The monoisotopic (exact) mass is 240 g/mol. The van der Waals surface area contributed by atoms with Gasteiger partial charge in [-0.1, -0.05) is 6.07 Å². The molecule has 0 saturated carbocycles. The lowest BCUT2D eigenvalue weighted by Crippen LogP contribution is -2.11. The number of rotatable bonds is 7. The molecule has 17 heavy (non-hydrogen) atoms. The molecular formula is C13H20O4. The second-order valence-corrected chi connectivity index (χ2v) is 3.77. The molecule has 96 valence electrons. The number of phenolic OH excluding ortho intramolecular Hbond substituents is 1. The van der Waals surface area contributed by atoms with Crippen molar-refractivity contribution in [2.45, 2.75) is 26.1 Å². The van der Waals surface area contributed by atoms with Gasteiger partial charge in [0.15, 0.2) is 6.29 Å². The third-order valence-corrected chi connectivity index (χ3v) is 2.57. The maximum Gasteiger partial charge on any atom is 0.154 e. The van der Waals surface area contributed by atoms with Crippen LogP contribution in [0.4, 0.5) is 0 Å². The summed E-state index contributed by atoms with van der Waals surface area (Å²) in [6, 6.07) is 5.33. The molecule has 1 aromatic carbocycles. The highest BCUT2D eigenvalue weighted by Gasteiger charge is 2.04. The molecule has 0 bridgehead atoms. The van der Waals surface area contributed by atoms with Gasteiger partial charge in [0.2, 0.25) is 0 Å². The fourth-order valence-corrected chi connectivity index (χ4v) is 1.46. The molecule has 1 atom stereocenters. The zero-order valence-corrected chi connectivity index (χ0v) is 10.6. The topological polar surface area (TPSA) is 47.9 Å². The van der Waals surface area contributed by atoms with Crippen molar-refractivity contribution < 1.29 is 19.3 Å². The Morgan fingerprint density at radius 1 is 1.29 bits per heavy atom. The Labute approximate surface area is 102 Å². The summed E-state index contributed by atoms with van der Waals surface area (Å²) in [4.78, 5) is 0. The van der Waals surface area contributed by atoms with Crippen molar-refractivity contribution in [2.75, 3.05) is 20.8 Å². The van der Waals surface area contributed by atoms with Crippen molar-refractivity contribution in [3.63, 3.8) is 0 Å². The average Bonchev–Trinajstić information content (AvgIpc) is 2.35. The van der Waals surface area contributed by atoms with Crippen molar-refractivity contribution in [1.29, 1.82) is 0 Å². The van der Waals surface area contributed by atoms with E-state index in [9.17, 15) is 5.11 Å². The molecule has 1 N–H and O–H groups in total. The van der Waals surface area contributed by atoms with E-state index in [-0.39, 0.29) is 12.0 Å². The number of hydrogen-bond donors (Lipinski definition) is 1. The molecule has 0 radical (unpaired) electrons. The molecule has 1 aromatic rings. The first kappa shape index (κ1) is 13.8. The Kier molecular flexibility index (Phi) is 5.80. The maximum absolute atomic E-state index is 9.73. The molecule has 0 aliphatic heterocycles. The number of methoxy groups -OCH3 is 2.